The molecule has 2 rings (SSSR count). The SMILES string of the molecule is CC1CCCCC1N(C)C(=O)C1CCN(C(=O)C(C)(C)C)CC1. The molecule has 1 saturated carbocycles. The topological polar surface area (TPSA) is 40.6 Å². The van der Waals surface area contributed by atoms with Crippen molar-refractivity contribution in [3.05, 3.63) is 0 Å². The standard InChI is InChI=1S/C19H34N2O2/c1-14-8-6-7-9-16(14)20(5)17(22)15-10-12-21(13-11-15)18(23)19(2,3)4/h14-16H,6-13H2,1-5H3. The molecule has 2 unspecified atom stereocenters. The fourth-order valence-electron chi connectivity index (χ4n) is 4.13. The summed E-state index contributed by atoms with van der Waals surface area (Å²) in [6.07, 6.45) is 6.54. The lowest BCUT2D eigenvalue weighted by molar-refractivity contribution is -0.145. The maximum atomic E-state index is 12.8. The third-order valence-corrected chi connectivity index (χ3v) is 5.68. The van der Waals surface area contributed by atoms with Gasteiger partial charge in [-0.15, -0.1) is 0 Å². The summed E-state index contributed by atoms with van der Waals surface area (Å²) in [7, 11) is 1.99. The Hall–Kier alpha value is -1.06. The van der Waals surface area contributed by atoms with E-state index in [1.165, 1.54) is 19.3 Å². The van der Waals surface area contributed by atoms with E-state index in [0.29, 0.717) is 17.9 Å². The molecule has 0 N–H and O–H groups in total. The predicted molar refractivity (Wildman–Crippen MR) is 92.9 cm³/mol. The fraction of sp³-hybridized carbons (Fsp3) is 0.895. The van der Waals surface area contributed by atoms with Crippen LogP contribution in [0.25, 0.3) is 0 Å². The highest BCUT2D eigenvalue weighted by molar-refractivity contribution is 5.82. The Morgan fingerprint density at radius 1 is 1.00 bits per heavy atom. The van der Waals surface area contributed by atoms with Crippen LogP contribution in [0.5, 0.6) is 0 Å². The van der Waals surface area contributed by atoms with E-state index in [9.17, 15) is 9.59 Å². The van der Waals surface area contributed by atoms with Crippen molar-refractivity contribution in [3.63, 3.8) is 0 Å². The van der Waals surface area contributed by atoms with Crippen LogP contribution < -0.4 is 0 Å². The van der Waals surface area contributed by atoms with Crippen LogP contribution in [0, 0.1) is 17.3 Å². The van der Waals surface area contributed by atoms with Gasteiger partial charge < -0.3 is 9.80 Å². The second kappa shape index (κ2) is 7.23. The Morgan fingerprint density at radius 2 is 1.57 bits per heavy atom. The van der Waals surface area contributed by atoms with Gasteiger partial charge in [-0.05, 0) is 31.6 Å². The Labute approximate surface area is 141 Å². The van der Waals surface area contributed by atoms with Crippen LogP contribution >= 0.6 is 0 Å². The lowest BCUT2D eigenvalue weighted by Crippen LogP contribution is -2.49. The van der Waals surface area contributed by atoms with E-state index in [1.807, 2.05) is 37.6 Å². The van der Waals surface area contributed by atoms with Gasteiger partial charge >= 0.3 is 0 Å². The summed E-state index contributed by atoms with van der Waals surface area (Å²) in [5, 5.41) is 0. The number of likely N-dealkylation sites (tertiary alicyclic amines) is 1. The van der Waals surface area contributed by atoms with Crippen molar-refractivity contribution in [1.82, 2.24) is 9.80 Å². The maximum Gasteiger partial charge on any atom is 0.227 e. The summed E-state index contributed by atoms with van der Waals surface area (Å²) in [4.78, 5) is 29.2. The van der Waals surface area contributed by atoms with Crippen molar-refractivity contribution in [1.29, 1.82) is 0 Å². The highest BCUT2D eigenvalue weighted by atomic mass is 16.2. The van der Waals surface area contributed by atoms with Crippen LogP contribution in [0.15, 0.2) is 0 Å². The van der Waals surface area contributed by atoms with Gasteiger partial charge in [0.2, 0.25) is 11.8 Å². The summed E-state index contributed by atoms with van der Waals surface area (Å²) in [5.41, 5.74) is -0.328. The van der Waals surface area contributed by atoms with Crippen LogP contribution in [-0.2, 0) is 9.59 Å². The molecule has 2 fully saturated rings. The van der Waals surface area contributed by atoms with Crippen LogP contribution in [0.4, 0.5) is 0 Å². The van der Waals surface area contributed by atoms with E-state index in [4.69, 9.17) is 0 Å². The van der Waals surface area contributed by atoms with Gasteiger partial charge in [-0.2, -0.15) is 0 Å². The van der Waals surface area contributed by atoms with Gasteiger partial charge in [-0.25, -0.2) is 0 Å². The molecule has 0 spiro atoms. The van der Waals surface area contributed by atoms with Gasteiger partial charge in [0, 0.05) is 37.5 Å². The molecule has 1 heterocycles. The molecular formula is C19H34N2O2. The van der Waals surface area contributed by atoms with E-state index in [2.05, 4.69) is 6.92 Å². The molecule has 2 atom stereocenters. The minimum Gasteiger partial charge on any atom is -0.342 e. The summed E-state index contributed by atoms with van der Waals surface area (Å²) in [6, 6.07) is 0.408. The maximum absolute atomic E-state index is 12.8. The van der Waals surface area contributed by atoms with Crippen LogP contribution in [0.3, 0.4) is 0 Å². The first-order valence-electron chi connectivity index (χ1n) is 9.28. The van der Waals surface area contributed by atoms with Gasteiger partial charge in [0.25, 0.3) is 0 Å². The molecule has 4 nitrogen and oxygen atoms in total. The van der Waals surface area contributed by atoms with Gasteiger partial charge in [0.1, 0.15) is 0 Å². The number of amides is 2. The van der Waals surface area contributed by atoms with Crippen molar-refractivity contribution < 1.29 is 9.59 Å². The number of hydrogen-bond acceptors (Lipinski definition) is 2. The molecule has 1 aliphatic heterocycles. The normalized spacial score (nSPS) is 26.9. The first-order chi connectivity index (χ1) is 10.7. The van der Waals surface area contributed by atoms with Gasteiger partial charge in [0.05, 0.1) is 0 Å². The zero-order valence-electron chi connectivity index (χ0n) is 15.6. The van der Waals surface area contributed by atoms with Crippen molar-refractivity contribution in [3.8, 4) is 0 Å². The number of nitrogens with zero attached hydrogens (tertiary/aromatic N) is 2. The van der Waals surface area contributed by atoms with Gasteiger partial charge in [0.15, 0.2) is 0 Å². The monoisotopic (exact) mass is 322 g/mol. The number of rotatable bonds is 2. The van der Waals surface area contributed by atoms with Gasteiger partial charge in [-0.1, -0.05) is 40.5 Å². The molecule has 2 aliphatic rings. The van der Waals surface area contributed by atoms with Crippen molar-refractivity contribution >= 4 is 11.8 Å². The third kappa shape index (κ3) is 4.27. The van der Waals surface area contributed by atoms with Crippen molar-refractivity contribution in [2.75, 3.05) is 20.1 Å². The molecule has 4 heteroatoms. The summed E-state index contributed by atoms with van der Waals surface area (Å²) in [6.45, 7) is 9.61. The van der Waals surface area contributed by atoms with Gasteiger partial charge in [-0.3, -0.25) is 9.59 Å². The molecule has 1 aliphatic carbocycles. The van der Waals surface area contributed by atoms with Crippen molar-refractivity contribution in [2.45, 2.75) is 72.3 Å². The summed E-state index contributed by atoms with van der Waals surface area (Å²) < 4.78 is 0. The lowest BCUT2D eigenvalue weighted by atomic mass is 9.84. The minimum absolute atomic E-state index is 0.0955. The fourth-order valence-corrected chi connectivity index (χ4v) is 4.13. The molecule has 2 amide bonds. The van der Waals surface area contributed by atoms with Crippen LogP contribution in [-0.4, -0.2) is 47.8 Å². The molecule has 1 saturated heterocycles. The second-order valence-electron chi connectivity index (χ2n) is 8.59. The predicted octanol–water partition coefficient (Wildman–Crippen LogP) is 3.31. The first kappa shape index (κ1) is 18.3. The van der Waals surface area contributed by atoms with E-state index in [-0.39, 0.29) is 17.2 Å². The summed E-state index contributed by atoms with van der Waals surface area (Å²) >= 11 is 0. The van der Waals surface area contributed by atoms with Crippen LogP contribution in [0.2, 0.25) is 0 Å². The average molecular weight is 322 g/mol. The Bertz CT molecular complexity index is 433. The molecule has 0 aromatic rings. The first-order valence-corrected chi connectivity index (χ1v) is 9.28. The highest BCUT2D eigenvalue weighted by Crippen LogP contribution is 2.30. The number of carbonyl (C=O) groups excluding carboxylic acids is 2. The largest absolute Gasteiger partial charge is 0.342 e. The van der Waals surface area contributed by atoms with Crippen LogP contribution in [0.1, 0.15) is 66.2 Å². The quantitative estimate of drug-likeness (QED) is 0.782. The molecule has 0 bridgehead atoms. The molecular weight excluding hydrogens is 288 g/mol. The average Bonchev–Trinajstić information content (AvgIpc) is 2.52. The number of carbonyl (C=O) groups is 2. The van der Waals surface area contributed by atoms with E-state index < -0.39 is 0 Å². The minimum atomic E-state index is -0.328. The Morgan fingerprint density at radius 3 is 2.09 bits per heavy atom. The molecule has 23 heavy (non-hydrogen) atoms. The molecule has 0 aromatic carbocycles. The smallest absolute Gasteiger partial charge is 0.227 e. The van der Waals surface area contributed by atoms with E-state index >= 15 is 0 Å². The molecule has 0 radical (unpaired) electrons. The number of hydrogen-bond donors (Lipinski definition) is 0. The van der Waals surface area contributed by atoms with E-state index in [0.717, 1.165) is 32.4 Å². The highest BCUT2D eigenvalue weighted by Gasteiger charge is 2.35. The number of piperidine rings is 1. The molecule has 0 aromatic heterocycles. The third-order valence-electron chi connectivity index (χ3n) is 5.68. The second-order valence-corrected chi connectivity index (χ2v) is 8.59. The zero-order chi connectivity index (χ0) is 17.2. The van der Waals surface area contributed by atoms with E-state index in [1.54, 1.807) is 0 Å². The lowest BCUT2D eigenvalue weighted by Gasteiger charge is -2.40. The van der Waals surface area contributed by atoms with Crippen molar-refractivity contribution in [2.24, 2.45) is 17.3 Å². The Kier molecular flexibility index (Phi) is 5.74. The summed E-state index contributed by atoms with van der Waals surface area (Å²) in [5.74, 6) is 1.21. The molecule has 132 valence electrons. The zero-order valence-corrected chi connectivity index (χ0v) is 15.6. The Balaban J connectivity index is 1.89.